The zero-order chi connectivity index (χ0) is 38.0. The van der Waals surface area contributed by atoms with Crippen LogP contribution in [0.15, 0.2) is 189 Å². The SMILES string of the molecule is [Pt+2].[Pt+2].[c-]1c(-c2ccccn2)cccc1N(c1[c-]c2c(cc1)c1ccc(N(c3[c-]c(-c4ccccn4)ccc3)c3ccccc3)[c-]c1n2-c1ncccn1)c1ccccc1. The number of fused-ring (bicyclic) bond motifs is 3. The topological polar surface area (TPSA) is 63.0 Å². The molecule has 0 N–H and O–H groups in total. The predicted octanol–water partition coefficient (Wildman–Crippen LogP) is 11.8. The predicted molar refractivity (Wildman–Crippen MR) is 228 cm³/mol. The van der Waals surface area contributed by atoms with Crippen LogP contribution < -0.4 is 9.80 Å². The van der Waals surface area contributed by atoms with Crippen molar-refractivity contribution in [1.82, 2.24) is 24.5 Å². The van der Waals surface area contributed by atoms with Gasteiger partial charge in [0, 0.05) is 36.2 Å². The van der Waals surface area contributed by atoms with Crippen molar-refractivity contribution in [1.29, 1.82) is 0 Å². The van der Waals surface area contributed by atoms with Gasteiger partial charge in [-0.25, -0.2) is 9.97 Å². The van der Waals surface area contributed by atoms with Crippen LogP contribution in [0.1, 0.15) is 0 Å². The van der Waals surface area contributed by atoms with Crippen LogP contribution in [-0.4, -0.2) is 24.5 Å². The number of nitrogens with zero attached hydrogens (tertiary/aromatic N) is 7. The molecular formula is C50H31N7Pt2. The maximum Gasteiger partial charge on any atom is 2.00 e. The number of aromatic nitrogens is 5. The third kappa shape index (κ3) is 7.75. The first-order chi connectivity index (χ1) is 28.3. The van der Waals surface area contributed by atoms with E-state index in [0.29, 0.717) is 5.95 Å². The molecule has 0 aliphatic rings. The van der Waals surface area contributed by atoms with E-state index < -0.39 is 0 Å². The number of pyridine rings is 2. The molecule has 0 radical (unpaired) electrons. The third-order valence-electron chi connectivity index (χ3n) is 9.74. The minimum absolute atomic E-state index is 0. The molecule has 59 heavy (non-hydrogen) atoms. The summed E-state index contributed by atoms with van der Waals surface area (Å²) in [5.74, 6) is 0.518. The Hall–Kier alpha value is -6.52. The number of anilines is 6. The molecule has 0 atom stereocenters. The van der Waals surface area contributed by atoms with Crippen molar-refractivity contribution in [2.45, 2.75) is 0 Å². The Labute approximate surface area is 371 Å². The fourth-order valence-electron chi connectivity index (χ4n) is 7.20. The van der Waals surface area contributed by atoms with E-state index in [0.717, 1.165) is 78.4 Å². The summed E-state index contributed by atoms with van der Waals surface area (Å²) in [5, 5.41) is 2.00. The molecule has 0 spiro atoms. The van der Waals surface area contributed by atoms with E-state index in [-0.39, 0.29) is 42.1 Å². The molecular weight excluding hydrogens is 1090 g/mol. The second-order valence-corrected chi connectivity index (χ2v) is 13.3. The van der Waals surface area contributed by atoms with Gasteiger partial charge >= 0.3 is 42.1 Å². The van der Waals surface area contributed by atoms with Gasteiger partial charge in [0.05, 0.1) is 0 Å². The zero-order valence-corrected chi connectivity index (χ0v) is 35.7. The van der Waals surface area contributed by atoms with Crippen LogP contribution in [0.25, 0.3) is 50.3 Å². The van der Waals surface area contributed by atoms with Crippen molar-refractivity contribution in [3.05, 3.63) is 213 Å². The van der Waals surface area contributed by atoms with Gasteiger partial charge in [-0.3, -0.25) is 0 Å². The fraction of sp³-hybridized carbons (Fsp3) is 0. The van der Waals surface area contributed by atoms with Crippen LogP contribution in [-0.2, 0) is 42.1 Å². The molecule has 7 nitrogen and oxygen atoms in total. The molecule has 0 amide bonds. The Kier molecular flexibility index (Phi) is 11.7. The van der Waals surface area contributed by atoms with Gasteiger partial charge in [0.1, 0.15) is 0 Å². The third-order valence-corrected chi connectivity index (χ3v) is 9.74. The van der Waals surface area contributed by atoms with Gasteiger partial charge in [0.15, 0.2) is 0 Å². The molecule has 6 aromatic carbocycles. The maximum atomic E-state index is 4.75. The second kappa shape index (κ2) is 17.5. The normalized spacial score (nSPS) is 10.8. The molecule has 9 heteroatoms. The summed E-state index contributed by atoms with van der Waals surface area (Å²) in [7, 11) is 0. The number of rotatable bonds is 9. The van der Waals surface area contributed by atoms with Gasteiger partial charge in [0.2, 0.25) is 5.95 Å². The number of benzene rings is 6. The van der Waals surface area contributed by atoms with Gasteiger partial charge in [-0.05, 0) is 65.2 Å². The first kappa shape index (κ1) is 39.3. The summed E-state index contributed by atoms with van der Waals surface area (Å²) in [6.07, 6.45) is 7.12. The van der Waals surface area contributed by atoms with Crippen LogP contribution in [0.2, 0.25) is 0 Å². The Balaban J connectivity index is 0.00000242. The molecule has 0 aliphatic carbocycles. The van der Waals surface area contributed by atoms with Crippen LogP contribution >= 0.6 is 0 Å². The molecule has 0 saturated carbocycles. The summed E-state index contributed by atoms with van der Waals surface area (Å²) in [4.78, 5) is 23.0. The Bertz CT molecular complexity index is 2780. The monoisotopic (exact) mass is 1120 g/mol. The Morgan fingerprint density at radius 1 is 0.356 bits per heavy atom. The van der Waals surface area contributed by atoms with E-state index in [1.165, 1.54) is 0 Å². The second-order valence-electron chi connectivity index (χ2n) is 13.3. The van der Waals surface area contributed by atoms with Crippen molar-refractivity contribution in [2.24, 2.45) is 0 Å². The average Bonchev–Trinajstić information content (AvgIpc) is 3.61. The van der Waals surface area contributed by atoms with Crippen molar-refractivity contribution >= 4 is 55.9 Å². The van der Waals surface area contributed by atoms with Crippen LogP contribution in [0.5, 0.6) is 0 Å². The van der Waals surface area contributed by atoms with E-state index in [1.54, 1.807) is 24.8 Å². The zero-order valence-electron chi connectivity index (χ0n) is 31.2. The maximum absolute atomic E-state index is 4.75. The minimum Gasteiger partial charge on any atom is -0.352 e. The average molecular weight is 1120 g/mol. The van der Waals surface area contributed by atoms with Gasteiger partial charge in [-0.2, -0.15) is 22.9 Å². The van der Waals surface area contributed by atoms with E-state index in [9.17, 15) is 0 Å². The smallest absolute Gasteiger partial charge is 0.352 e. The fourth-order valence-corrected chi connectivity index (χ4v) is 7.20. The molecule has 10 aromatic rings. The molecule has 10 rings (SSSR count). The molecule has 4 aromatic heterocycles. The molecule has 0 fully saturated rings. The molecule has 4 heterocycles. The van der Waals surface area contributed by atoms with Gasteiger partial charge in [-0.1, -0.05) is 83.1 Å². The quantitative estimate of drug-likeness (QED) is 0.134. The van der Waals surface area contributed by atoms with Gasteiger partial charge in [-0.15, -0.1) is 83.9 Å². The summed E-state index contributed by atoms with van der Waals surface area (Å²) in [6, 6.07) is 69.8. The molecule has 0 bridgehead atoms. The van der Waals surface area contributed by atoms with Crippen molar-refractivity contribution < 1.29 is 42.1 Å². The summed E-state index contributed by atoms with van der Waals surface area (Å²) in [6.45, 7) is 0. The van der Waals surface area contributed by atoms with Crippen LogP contribution in [0.4, 0.5) is 34.1 Å². The van der Waals surface area contributed by atoms with Crippen LogP contribution in [0.3, 0.4) is 0 Å². The van der Waals surface area contributed by atoms with Crippen molar-refractivity contribution in [3.63, 3.8) is 0 Å². The minimum atomic E-state index is 0. The summed E-state index contributed by atoms with van der Waals surface area (Å²) < 4.78 is 2.05. The van der Waals surface area contributed by atoms with E-state index in [2.05, 4.69) is 105 Å². The number of hydrogen-bond acceptors (Lipinski definition) is 6. The van der Waals surface area contributed by atoms with E-state index >= 15 is 0 Å². The van der Waals surface area contributed by atoms with Crippen molar-refractivity contribution in [3.8, 4) is 28.5 Å². The number of para-hydroxylation sites is 2. The van der Waals surface area contributed by atoms with Crippen molar-refractivity contribution in [2.75, 3.05) is 9.80 Å². The van der Waals surface area contributed by atoms with Gasteiger partial charge < -0.3 is 24.3 Å². The van der Waals surface area contributed by atoms with E-state index in [1.807, 2.05) is 108 Å². The van der Waals surface area contributed by atoms with E-state index in [4.69, 9.17) is 9.97 Å². The Morgan fingerprint density at radius 3 is 1.22 bits per heavy atom. The van der Waals surface area contributed by atoms with Gasteiger partial charge in [0.25, 0.3) is 0 Å². The number of hydrogen-bond donors (Lipinski definition) is 0. The molecule has 0 unspecified atom stereocenters. The van der Waals surface area contributed by atoms with Crippen LogP contribution in [0, 0.1) is 24.3 Å². The Morgan fingerprint density at radius 2 is 0.780 bits per heavy atom. The molecule has 286 valence electrons. The first-order valence-corrected chi connectivity index (χ1v) is 18.6. The summed E-state index contributed by atoms with van der Waals surface area (Å²) in [5.41, 5.74) is 10.4. The largest absolute Gasteiger partial charge is 2.00 e. The standard InChI is InChI=1S/C50H31N7.2Pt/c1-3-16-38(17-4-1)55(40-20-11-14-36(32-40)46-22-7-9-28-51-46)42-24-26-44-45-27-25-43(35-49(45)57(48(44)34-42)50-53-30-13-31-54-50)56(39-18-5-2-6-19-39)41-21-12-15-37(33-41)47-23-8-10-29-52-47;;/h1-31H;;/q-4;2*+2. The summed E-state index contributed by atoms with van der Waals surface area (Å²) >= 11 is 0. The molecule has 0 aliphatic heterocycles. The first-order valence-electron chi connectivity index (χ1n) is 18.6. The molecule has 0 saturated heterocycles.